The number of sulfone groups is 1. The number of amides is 1. The van der Waals surface area contributed by atoms with Gasteiger partial charge in [0.25, 0.3) is 5.91 Å². The standard InChI is InChI=1S/C14H15NO5S/c1-21(19,20)10-4-2-3-8(5-10)13(16)15-11-6-9(11)7-12(15)14(17)18/h2-5,9,11-12H,6-7H2,1H3,(H,17,18)/t9-,11?,12?/m1/s1. The van der Waals surface area contributed by atoms with E-state index >= 15 is 0 Å². The summed E-state index contributed by atoms with van der Waals surface area (Å²) in [6.45, 7) is 0. The van der Waals surface area contributed by atoms with Gasteiger partial charge in [-0.05, 0) is 37.0 Å². The summed E-state index contributed by atoms with van der Waals surface area (Å²) < 4.78 is 23.1. The smallest absolute Gasteiger partial charge is 0.326 e. The average molecular weight is 309 g/mol. The lowest BCUT2D eigenvalue weighted by atomic mass is 10.1. The number of nitrogens with zero attached hydrogens (tertiary/aromatic N) is 1. The summed E-state index contributed by atoms with van der Waals surface area (Å²) in [4.78, 5) is 25.3. The molecule has 0 spiro atoms. The first-order valence-corrected chi connectivity index (χ1v) is 8.54. The van der Waals surface area contributed by atoms with Crippen LogP contribution in [0.25, 0.3) is 0 Å². The lowest BCUT2D eigenvalue weighted by Gasteiger charge is -2.24. The number of carboxylic acids is 1. The summed E-state index contributed by atoms with van der Waals surface area (Å²) in [7, 11) is -3.40. The molecule has 3 atom stereocenters. The molecule has 1 N–H and O–H groups in total. The molecular formula is C14H15NO5S. The third-order valence-electron chi connectivity index (χ3n) is 4.13. The number of hydrogen-bond acceptors (Lipinski definition) is 4. The van der Waals surface area contributed by atoms with E-state index in [1.54, 1.807) is 0 Å². The summed E-state index contributed by atoms with van der Waals surface area (Å²) in [5.41, 5.74) is 0.219. The van der Waals surface area contributed by atoms with E-state index in [0.29, 0.717) is 6.42 Å². The molecule has 0 radical (unpaired) electrons. The predicted octanol–water partition coefficient (Wildman–Crippen LogP) is 0.778. The quantitative estimate of drug-likeness (QED) is 0.890. The molecule has 1 saturated carbocycles. The van der Waals surface area contributed by atoms with E-state index in [1.165, 1.54) is 29.2 Å². The van der Waals surface area contributed by atoms with Crippen molar-refractivity contribution in [1.82, 2.24) is 4.90 Å². The van der Waals surface area contributed by atoms with Gasteiger partial charge in [-0.3, -0.25) is 4.79 Å². The minimum absolute atomic E-state index is 0.0134. The summed E-state index contributed by atoms with van der Waals surface area (Å²) in [6.07, 6.45) is 2.39. The zero-order chi connectivity index (χ0) is 15.4. The van der Waals surface area contributed by atoms with E-state index in [-0.39, 0.29) is 22.4 Å². The van der Waals surface area contributed by atoms with Gasteiger partial charge in [0.15, 0.2) is 9.84 Å². The largest absolute Gasteiger partial charge is 0.480 e. The van der Waals surface area contributed by atoms with E-state index in [0.717, 1.165) is 12.7 Å². The highest BCUT2D eigenvalue weighted by Gasteiger charge is 2.56. The van der Waals surface area contributed by atoms with Gasteiger partial charge in [0.05, 0.1) is 4.90 Å². The summed E-state index contributed by atoms with van der Waals surface area (Å²) in [5, 5.41) is 9.21. The first-order valence-electron chi connectivity index (χ1n) is 6.64. The molecule has 2 unspecified atom stereocenters. The second-order valence-corrected chi connectivity index (χ2v) is 7.68. The molecule has 0 bridgehead atoms. The van der Waals surface area contributed by atoms with E-state index in [1.807, 2.05) is 0 Å². The third-order valence-corrected chi connectivity index (χ3v) is 5.24. The van der Waals surface area contributed by atoms with Gasteiger partial charge in [-0.15, -0.1) is 0 Å². The Labute approximate surface area is 122 Å². The van der Waals surface area contributed by atoms with Crippen LogP contribution in [0.5, 0.6) is 0 Å². The molecule has 2 aliphatic rings. The van der Waals surface area contributed by atoms with Crippen LogP contribution in [0.2, 0.25) is 0 Å². The van der Waals surface area contributed by atoms with Gasteiger partial charge in [0.1, 0.15) is 6.04 Å². The molecule has 7 heteroatoms. The Hall–Kier alpha value is -1.89. The van der Waals surface area contributed by atoms with E-state index in [9.17, 15) is 23.1 Å². The van der Waals surface area contributed by atoms with Gasteiger partial charge in [0, 0.05) is 17.9 Å². The van der Waals surface area contributed by atoms with Crippen molar-refractivity contribution in [2.45, 2.75) is 29.8 Å². The summed E-state index contributed by atoms with van der Waals surface area (Å²) in [6, 6.07) is 4.94. The number of carboxylic acid groups (broad SMARTS) is 1. The van der Waals surface area contributed by atoms with Gasteiger partial charge in [-0.25, -0.2) is 13.2 Å². The SMILES string of the molecule is CS(=O)(=O)c1cccc(C(=O)N2C(C(=O)O)C[C@H]3CC32)c1. The van der Waals surface area contributed by atoms with Crippen LogP contribution in [0.15, 0.2) is 29.2 Å². The number of carbonyl (C=O) groups excluding carboxylic acids is 1. The fraction of sp³-hybridized carbons (Fsp3) is 0.429. The molecule has 1 aliphatic carbocycles. The minimum Gasteiger partial charge on any atom is -0.480 e. The fourth-order valence-electron chi connectivity index (χ4n) is 2.98. The Bertz CT molecular complexity index is 727. The van der Waals surface area contributed by atoms with Crippen molar-refractivity contribution in [3.05, 3.63) is 29.8 Å². The highest BCUT2D eigenvalue weighted by molar-refractivity contribution is 7.90. The Balaban J connectivity index is 1.93. The topological polar surface area (TPSA) is 91.8 Å². The minimum atomic E-state index is -3.40. The molecule has 1 aromatic carbocycles. The van der Waals surface area contributed by atoms with Crippen molar-refractivity contribution in [3.63, 3.8) is 0 Å². The molecule has 1 amide bonds. The van der Waals surface area contributed by atoms with Crippen molar-refractivity contribution in [2.75, 3.05) is 6.26 Å². The van der Waals surface area contributed by atoms with E-state index in [4.69, 9.17) is 0 Å². The van der Waals surface area contributed by atoms with Gasteiger partial charge in [0.2, 0.25) is 0 Å². The number of hydrogen-bond donors (Lipinski definition) is 1. The van der Waals surface area contributed by atoms with Crippen LogP contribution in [-0.4, -0.2) is 48.6 Å². The maximum Gasteiger partial charge on any atom is 0.326 e. The zero-order valence-corrected chi connectivity index (χ0v) is 12.2. The van der Waals surface area contributed by atoms with Crippen LogP contribution in [0.1, 0.15) is 23.2 Å². The lowest BCUT2D eigenvalue weighted by molar-refractivity contribution is -0.141. The van der Waals surface area contributed by atoms with Gasteiger partial charge >= 0.3 is 5.97 Å². The van der Waals surface area contributed by atoms with Crippen LogP contribution >= 0.6 is 0 Å². The van der Waals surface area contributed by atoms with Crippen LogP contribution in [0, 0.1) is 5.92 Å². The van der Waals surface area contributed by atoms with Crippen molar-refractivity contribution in [1.29, 1.82) is 0 Å². The highest BCUT2D eigenvalue weighted by atomic mass is 32.2. The lowest BCUT2D eigenvalue weighted by Crippen LogP contribution is -2.43. The molecule has 1 aromatic rings. The molecule has 1 saturated heterocycles. The summed E-state index contributed by atoms with van der Waals surface area (Å²) >= 11 is 0. The van der Waals surface area contributed by atoms with Crippen molar-refractivity contribution >= 4 is 21.7 Å². The maximum absolute atomic E-state index is 12.5. The zero-order valence-electron chi connectivity index (χ0n) is 11.4. The Kier molecular flexibility index (Phi) is 3.05. The van der Waals surface area contributed by atoms with Crippen molar-refractivity contribution in [3.8, 4) is 0 Å². The molecule has 1 heterocycles. The third kappa shape index (κ3) is 2.42. The van der Waals surface area contributed by atoms with Gasteiger partial charge < -0.3 is 10.0 Å². The van der Waals surface area contributed by atoms with Gasteiger partial charge in [-0.2, -0.15) is 0 Å². The van der Waals surface area contributed by atoms with E-state index < -0.39 is 27.8 Å². The maximum atomic E-state index is 12.5. The number of rotatable bonds is 3. The first kappa shape index (κ1) is 14.1. The van der Waals surface area contributed by atoms with Crippen LogP contribution < -0.4 is 0 Å². The van der Waals surface area contributed by atoms with Crippen molar-refractivity contribution in [2.24, 2.45) is 5.92 Å². The van der Waals surface area contributed by atoms with Crippen LogP contribution in [0.3, 0.4) is 0 Å². The second kappa shape index (κ2) is 4.56. The average Bonchev–Trinajstić information content (AvgIpc) is 3.08. The molecule has 21 heavy (non-hydrogen) atoms. The highest BCUT2D eigenvalue weighted by Crippen LogP contribution is 2.48. The van der Waals surface area contributed by atoms with Crippen LogP contribution in [0.4, 0.5) is 0 Å². The Morgan fingerprint density at radius 3 is 2.62 bits per heavy atom. The molecular weight excluding hydrogens is 294 g/mol. The second-order valence-electron chi connectivity index (χ2n) is 5.67. The number of carbonyl (C=O) groups is 2. The molecule has 0 aromatic heterocycles. The Morgan fingerprint density at radius 1 is 1.29 bits per heavy atom. The normalized spacial score (nSPS) is 27.3. The molecule has 3 rings (SSSR count). The van der Waals surface area contributed by atoms with Crippen molar-refractivity contribution < 1.29 is 23.1 Å². The number of aliphatic carboxylic acids is 1. The number of likely N-dealkylation sites (tertiary alicyclic amines) is 1. The summed E-state index contributed by atoms with van der Waals surface area (Å²) in [5.74, 6) is -1.14. The molecule has 2 fully saturated rings. The predicted molar refractivity (Wildman–Crippen MR) is 73.7 cm³/mol. The molecule has 1 aliphatic heterocycles. The number of piperidine rings is 1. The van der Waals surface area contributed by atoms with Crippen LogP contribution in [-0.2, 0) is 14.6 Å². The first-order chi connectivity index (χ1) is 9.79. The molecule has 112 valence electrons. The number of benzene rings is 1. The monoisotopic (exact) mass is 309 g/mol. The number of fused-ring (bicyclic) bond motifs is 1. The Morgan fingerprint density at radius 2 is 2.00 bits per heavy atom. The van der Waals surface area contributed by atoms with Gasteiger partial charge in [-0.1, -0.05) is 6.07 Å². The molecule has 6 nitrogen and oxygen atoms in total. The fourth-order valence-corrected chi connectivity index (χ4v) is 3.64. The van der Waals surface area contributed by atoms with E-state index in [2.05, 4.69) is 0 Å².